The molecule has 0 aliphatic carbocycles. The van der Waals surface area contributed by atoms with Gasteiger partial charge in [0.25, 0.3) is 0 Å². The Balaban J connectivity index is 5.40. The van der Waals surface area contributed by atoms with Crippen LogP contribution in [-0.2, 0) is 65.4 Å². The van der Waals surface area contributed by atoms with Gasteiger partial charge in [-0.25, -0.2) is 9.13 Å². The van der Waals surface area contributed by atoms with E-state index in [1.807, 2.05) is 12.2 Å². The third-order valence-electron chi connectivity index (χ3n) is 15.5. The summed E-state index contributed by atoms with van der Waals surface area (Å²) < 4.78 is 68.3. The minimum absolute atomic E-state index is 0.0904. The Morgan fingerprint density at radius 2 is 0.571 bits per heavy atom. The first kappa shape index (κ1) is 93.5. The molecule has 0 amide bonds. The summed E-state index contributed by atoms with van der Waals surface area (Å²) in [7, 11) is -9.98. The van der Waals surface area contributed by atoms with Gasteiger partial charge >= 0.3 is 39.5 Å². The summed E-state index contributed by atoms with van der Waals surface area (Å²) in [5, 5.41) is 10.6. The van der Waals surface area contributed by atoms with Crippen molar-refractivity contribution in [3.05, 3.63) is 122 Å². The Kier molecular flexibility index (Phi) is 67.6. The molecule has 0 aliphatic rings. The summed E-state index contributed by atoms with van der Waals surface area (Å²) >= 11 is 0. The van der Waals surface area contributed by atoms with E-state index in [9.17, 15) is 43.2 Å². The number of hydrogen-bond acceptors (Lipinski definition) is 15. The van der Waals surface area contributed by atoms with Crippen LogP contribution in [0.25, 0.3) is 0 Å². The second-order valence-corrected chi connectivity index (χ2v) is 27.8. The molecule has 0 saturated carbocycles. The maximum absolute atomic E-state index is 13.1. The van der Waals surface area contributed by atoms with Gasteiger partial charge in [0.15, 0.2) is 12.2 Å². The molecule has 0 aromatic heterocycles. The number of phosphoric acid groups is 2. The molecule has 0 fully saturated rings. The predicted molar refractivity (Wildman–Crippen MR) is 399 cm³/mol. The van der Waals surface area contributed by atoms with Crippen LogP contribution in [0.15, 0.2) is 122 Å². The average Bonchev–Trinajstić information content (AvgIpc) is 0.980. The lowest BCUT2D eigenvalue weighted by molar-refractivity contribution is -0.161. The Morgan fingerprint density at radius 1 is 0.306 bits per heavy atom. The van der Waals surface area contributed by atoms with Gasteiger partial charge in [-0.05, 0) is 116 Å². The molecule has 0 spiro atoms. The van der Waals surface area contributed by atoms with E-state index in [-0.39, 0.29) is 25.7 Å². The second-order valence-electron chi connectivity index (χ2n) is 24.8. The van der Waals surface area contributed by atoms with Gasteiger partial charge in [0.1, 0.15) is 19.3 Å². The molecule has 19 heteroatoms. The number of hydrogen-bond donors (Lipinski definition) is 3. The van der Waals surface area contributed by atoms with Crippen molar-refractivity contribution < 1.29 is 80.2 Å². The van der Waals surface area contributed by atoms with E-state index in [0.29, 0.717) is 25.7 Å². The van der Waals surface area contributed by atoms with Gasteiger partial charge in [-0.2, -0.15) is 0 Å². The Bertz CT molecular complexity index is 2340. The van der Waals surface area contributed by atoms with Crippen LogP contribution >= 0.6 is 15.6 Å². The van der Waals surface area contributed by atoms with Crippen molar-refractivity contribution in [2.24, 2.45) is 0 Å². The molecular formula is C79H134O17P2. The van der Waals surface area contributed by atoms with Crippen molar-refractivity contribution in [2.75, 3.05) is 39.6 Å². The first-order chi connectivity index (χ1) is 47.7. The fourth-order valence-corrected chi connectivity index (χ4v) is 11.3. The molecule has 0 bridgehead atoms. The zero-order valence-corrected chi connectivity index (χ0v) is 63.0. The van der Waals surface area contributed by atoms with Crippen molar-refractivity contribution in [1.82, 2.24) is 0 Å². The van der Waals surface area contributed by atoms with Gasteiger partial charge < -0.3 is 33.8 Å². The van der Waals surface area contributed by atoms with Crippen LogP contribution in [0.1, 0.15) is 297 Å². The van der Waals surface area contributed by atoms with Crippen LogP contribution in [0.5, 0.6) is 0 Å². The molecule has 5 atom stereocenters. The molecule has 98 heavy (non-hydrogen) atoms. The van der Waals surface area contributed by atoms with E-state index in [2.05, 4.69) is 125 Å². The van der Waals surface area contributed by atoms with Gasteiger partial charge in [0.2, 0.25) is 0 Å². The standard InChI is InChI=1S/C79H134O17P2/c1-5-9-13-17-21-25-29-32-35-36-39-41-45-48-52-56-60-64-77(82)90-70-75(96-79(84)66-62-58-54-50-46-42-38-34-31-27-23-19-15-11-7-3)72-94-98(87,88)92-68-73(80)67-91-97(85,86)93-71-74(95-78(83)65-61-57-53-49-43-28-24-20-16-12-8-4)69-89-76(81)63-59-55-51-47-44-40-37-33-30-26-22-18-14-10-6-2/h9,11,13,15,21-23,25-27,32-35,37-38,46,50,58,62,73-75,80H,5-8,10,12,14,16-20,24,28-31,36,39-45,47-49,51-57,59-61,63-72H2,1-4H3,(H,85,86)(H,87,88)/b13-9-,15-11-,25-21-,26-22-,27-23-,35-32-,37-33-,38-34-,50-46-,62-58-. The molecule has 0 saturated heterocycles. The SMILES string of the molecule is CC/C=C\C/C=C\C/C=C\C/C=C\C/C=C\CC(=O)OC(COC(=O)CCCCCCCCC/C=C\C/C=C\C/C=C\CC)COP(=O)(O)OCC(O)COP(=O)(O)OCC(COC(=O)CCCCCCC/C=C\C/C=C\CCCCC)OC(=O)CCCCCCCCCCCCC. The minimum atomic E-state index is -5.00. The van der Waals surface area contributed by atoms with Crippen LogP contribution in [0, 0.1) is 0 Å². The van der Waals surface area contributed by atoms with Gasteiger partial charge in [-0.3, -0.25) is 37.3 Å². The quantitative estimate of drug-likeness (QED) is 0.0169. The number of ether oxygens (including phenoxy) is 4. The molecule has 0 radical (unpaired) electrons. The summed E-state index contributed by atoms with van der Waals surface area (Å²) in [6.45, 7) is 4.47. The van der Waals surface area contributed by atoms with Gasteiger partial charge in [0, 0.05) is 19.3 Å². The first-order valence-corrected chi connectivity index (χ1v) is 40.8. The molecule has 3 N–H and O–H groups in total. The van der Waals surface area contributed by atoms with Crippen LogP contribution < -0.4 is 0 Å². The third kappa shape index (κ3) is 69.9. The lowest BCUT2D eigenvalue weighted by Crippen LogP contribution is -2.30. The molecular weight excluding hydrogens is 1280 g/mol. The Labute approximate surface area is 593 Å². The highest BCUT2D eigenvalue weighted by Crippen LogP contribution is 2.45. The third-order valence-corrected chi connectivity index (χ3v) is 17.4. The highest BCUT2D eigenvalue weighted by atomic mass is 31.2. The highest BCUT2D eigenvalue weighted by molar-refractivity contribution is 7.47. The van der Waals surface area contributed by atoms with Crippen molar-refractivity contribution in [1.29, 1.82) is 0 Å². The lowest BCUT2D eigenvalue weighted by atomic mass is 10.1. The van der Waals surface area contributed by atoms with E-state index in [0.717, 1.165) is 161 Å². The zero-order chi connectivity index (χ0) is 71.8. The van der Waals surface area contributed by atoms with E-state index in [1.165, 1.54) is 57.8 Å². The first-order valence-electron chi connectivity index (χ1n) is 37.8. The van der Waals surface area contributed by atoms with Gasteiger partial charge in [-0.15, -0.1) is 0 Å². The lowest BCUT2D eigenvalue weighted by Gasteiger charge is -2.21. The van der Waals surface area contributed by atoms with Crippen molar-refractivity contribution >= 4 is 39.5 Å². The smallest absolute Gasteiger partial charge is 0.462 e. The van der Waals surface area contributed by atoms with Gasteiger partial charge in [-0.1, -0.05) is 278 Å². The van der Waals surface area contributed by atoms with Crippen LogP contribution in [-0.4, -0.2) is 96.7 Å². The van der Waals surface area contributed by atoms with Crippen LogP contribution in [0.4, 0.5) is 0 Å². The van der Waals surface area contributed by atoms with Crippen molar-refractivity contribution in [2.45, 2.75) is 316 Å². The number of carbonyl (C=O) groups excluding carboxylic acids is 4. The number of aliphatic hydroxyl groups is 1. The predicted octanol–water partition coefficient (Wildman–Crippen LogP) is 21.6. The van der Waals surface area contributed by atoms with E-state index >= 15 is 0 Å². The number of aliphatic hydroxyl groups excluding tert-OH is 1. The fourth-order valence-electron chi connectivity index (χ4n) is 9.75. The monoisotopic (exact) mass is 1420 g/mol. The molecule has 562 valence electrons. The number of carbonyl (C=O) groups is 4. The van der Waals surface area contributed by atoms with Crippen molar-refractivity contribution in [3.63, 3.8) is 0 Å². The topological polar surface area (TPSA) is 237 Å². The molecule has 0 rings (SSSR count). The summed E-state index contributed by atoms with van der Waals surface area (Å²) in [4.78, 5) is 72.7. The Hall–Kier alpha value is -4.54. The highest BCUT2D eigenvalue weighted by Gasteiger charge is 2.30. The maximum Gasteiger partial charge on any atom is 0.472 e. The average molecular weight is 1420 g/mol. The number of unbranched alkanes of at least 4 members (excludes halogenated alkanes) is 25. The normalized spacial score (nSPS) is 14.6. The number of allylic oxidation sites excluding steroid dienone is 19. The maximum atomic E-state index is 13.1. The molecule has 17 nitrogen and oxygen atoms in total. The van der Waals surface area contributed by atoms with Gasteiger partial charge in [0.05, 0.1) is 32.8 Å². The van der Waals surface area contributed by atoms with E-state index in [4.69, 9.17) is 37.0 Å². The molecule has 5 unspecified atom stereocenters. The Morgan fingerprint density at radius 3 is 0.929 bits per heavy atom. The van der Waals surface area contributed by atoms with E-state index in [1.54, 1.807) is 12.2 Å². The van der Waals surface area contributed by atoms with Crippen molar-refractivity contribution in [3.8, 4) is 0 Å². The summed E-state index contributed by atoms with van der Waals surface area (Å²) in [5.74, 6) is -2.35. The minimum Gasteiger partial charge on any atom is -0.462 e. The van der Waals surface area contributed by atoms with Crippen LogP contribution in [0.2, 0.25) is 0 Å². The largest absolute Gasteiger partial charge is 0.472 e. The fraction of sp³-hybridized carbons (Fsp3) is 0.696. The molecule has 0 aromatic carbocycles. The number of phosphoric ester groups is 2. The number of esters is 4. The van der Waals surface area contributed by atoms with Crippen LogP contribution in [0.3, 0.4) is 0 Å². The number of rotatable bonds is 70. The van der Waals surface area contributed by atoms with E-state index < -0.39 is 97.5 Å². The zero-order valence-electron chi connectivity index (χ0n) is 61.2. The summed E-state index contributed by atoms with van der Waals surface area (Å²) in [6.07, 6.45) is 76.5. The second kappa shape index (κ2) is 70.9. The summed E-state index contributed by atoms with van der Waals surface area (Å²) in [5.41, 5.74) is 0. The molecule has 0 aliphatic heterocycles. The summed E-state index contributed by atoms with van der Waals surface area (Å²) in [6, 6.07) is 0. The molecule has 0 aromatic rings. The molecule has 0 heterocycles.